The van der Waals surface area contributed by atoms with E-state index in [1.807, 2.05) is 84.9 Å². The number of nitrogens with one attached hydrogen (secondary N) is 1. The van der Waals surface area contributed by atoms with E-state index in [0.717, 1.165) is 5.56 Å². The number of hydrogen-bond acceptors (Lipinski definition) is 6. The van der Waals surface area contributed by atoms with Crippen molar-refractivity contribution >= 4 is 11.6 Å². The van der Waals surface area contributed by atoms with Crippen LogP contribution >= 0.6 is 0 Å². The second-order valence-electron chi connectivity index (χ2n) is 7.92. The number of aromatic nitrogens is 2. The van der Waals surface area contributed by atoms with E-state index in [1.165, 1.54) is 0 Å². The molecule has 178 valence electrons. The summed E-state index contributed by atoms with van der Waals surface area (Å²) in [5, 5.41) is 6.94. The van der Waals surface area contributed by atoms with Crippen LogP contribution in [-0.2, 0) is 13.2 Å². The van der Waals surface area contributed by atoms with Gasteiger partial charge in [-0.25, -0.2) is 0 Å². The first-order valence-corrected chi connectivity index (χ1v) is 11.4. The average molecular weight is 478 g/mol. The Kier molecular flexibility index (Phi) is 6.99. The number of benzene rings is 4. The molecule has 0 bridgehead atoms. The number of amides is 1. The highest BCUT2D eigenvalue weighted by Crippen LogP contribution is 2.27. The summed E-state index contributed by atoms with van der Waals surface area (Å²) in [6, 6.07) is 33.6. The number of nitrogens with zero attached hydrogens (tertiary/aromatic N) is 2. The minimum Gasteiger partial charge on any atom is -0.489 e. The van der Waals surface area contributed by atoms with Crippen molar-refractivity contribution in [1.82, 2.24) is 10.1 Å². The molecule has 7 nitrogen and oxygen atoms in total. The van der Waals surface area contributed by atoms with Crippen molar-refractivity contribution in [3.63, 3.8) is 0 Å². The number of carbonyl (C=O) groups is 1. The molecule has 5 aromatic rings. The summed E-state index contributed by atoms with van der Waals surface area (Å²) >= 11 is 0. The van der Waals surface area contributed by atoms with E-state index in [9.17, 15) is 4.79 Å². The first kappa shape index (κ1) is 22.9. The molecule has 1 amide bonds. The summed E-state index contributed by atoms with van der Waals surface area (Å²) in [5.41, 5.74) is 2.69. The third kappa shape index (κ3) is 5.77. The van der Waals surface area contributed by atoms with Crippen molar-refractivity contribution < 1.29 is 18.8 Å². The van der Waals surface area contributed by atoms with Crippen LogP contribution in [0.15, 0.2) is 114 Å². The van der Waals surface area contributed by atoms with Gasteiger partial charge >= 0.3 is 0 Å². The van der Waals surface area contributed by atoms with Crippen molar-refractivity contribution in [1.29, 1.82) is 0 Å². The van der Waals surface area contributed by atoms with Gasteiger partial charge in [0.25, 0.3) is 11.8 Å². The van der Waals surface area contributed by atoms with Crippen LogP contribution in [-0.4, -0.2) is 16.0 Å². The number of para-hydroxylation sites is 2. The molecule has 0 atom stereocenters. The highest BCUT2D eigenvalue weighted by atomic mass is 16.5. The molecule has 0 aliphatic rings. The second-order valence-corrected chi connectivity index (χ2v) is 7.92. The molecule has 1 heterocycles. The molecule has 0 unspecified atom stereocenters. The Labute approximate surface area is 208 Å². The molecule has 0 radical (unpaired) electrons. The fourth-order valence-electron chi connectivity index (χ4n) is 3.53. The van der Waals surface area contributed by atoms with Gasteiger partial charge in [0.05, 0.1) is 11.3 Å². The molecule has 0 fully saturated rings. The normalized spacial score (nSPS) is 10.6. The maximum absolute atomic E-state index is 13.0. The summed E-state index contributed by atoms with van der Waals surface area (Å²) in [7, 11) is 0. The Morgan fingerprint density at radius 2 is 1.44 bits per heavy atom. The maximum atomic E-state index is 13.0. The zero-order valence-electron chi connectivity index (χ0n) is 19.3. The number of hydrogen-bond donors (Lipinski definition) is 1. The predicted molar refractivity (Wildman–Crippen MR) is 136 cm³/mol. The number of anilines is 1. The number of rotatable bonds is 9. The smallest absolute Gasteiger partial charge is 0.260 e. The molecule has 0 aliphatic heterocycles. The summed E-state index contributed by atoms with van der Waals surface area (Å²) in [5.74, 6) is 1.74. The van der Waals surface area contributed by atoms with Crippen molar-refractivity contribution in [3.8, 4) is 23.0 Å². The molecule has 0 aliphatic carbocycles. The van der Waals surface area contributed by atoms with Crippen LogP contribution in [0.25, 0.3) is 11.5 Å². The topological polar surface area (TPSA) is 86.5 Å². The molecule has 0 spiro atoms. The largest absolute Gasteiger partial charge is 0.489 e. The molecule has 4 aromatic carbocycles. The van der Waals surface area contributed by atoms with E-state index in [1.54, 1.807) is 24.3 Å². The minimum absolute atomic E-state index is 0.164. The Morgan fingerprint density at radius 1 is 0.750 bits per heavy atom. The van der Waals surface area contributed by atoms with Gasteiger partial charge in [-0.1, -0.05) is 71.9 Å². The van der Waals surface area contributed by atoms with E-state index in [0.29, 0.717) is 40.7 Å². The fourth-order valence-corrected chi connectivity index (χ4v) is 3.53. The lowest BCUT2D eigenvalue weighted by Crippen LogP contribution is -2.12. The zero-order chi connectivity index (χ0) is 24.6. The van der Waals surface area contributed by atoms with Crippen LogP contribution in [0.1, 0.15) is 21.7 Å². The molecule has 0 saturated carbocycles. The Bertz CT molecular complexity index is 1440. The van der Waals surface area contributed by atoms with E-state index < -0.39 is 0 Å². The monoisotopic (exact) mass is 477 g/mol. The van der Waals surface area contributed by atoms with E-state index in [2.05, 4.69) is 15.5 Å². The lowest BCUT2D eigenvalue weighted by molar-refractivity contribution is 0.102. The molecule has 1 N–H and O–H groups in total. The molecular weight excluding hydrogens is 454 g/mol. The van der Waals surface area contributed by atoms with Gasteiger partial charge in [0.1, 0.15) is 18.1 Å². The van der Waals surface area contributed by atoms with Crippen LogP contribution in [0.4, 0.5) is 5.69 Å². The van der Waals surface area contributed by atoms with Crippen LogP contribution in [0.3, 0.4) is 0 Å². The van der Waals surface area contributed by atoms with Gasteiger partial charge in [-0.3, -0.25) is 4.79 Å². The Hall–Kier alpha value is -4.91. The van der Waals surface area contributed by atoms with Gasteiger partial charge in [0.2, 0.25) is 5.82 Å². The average Bonchev–Trinajstić information content (AvgIpc) is 3.41. The third-order valence-electron chi connectivity index (χ3n) is 5.33. The van der Waals surface area contributed by atoms with Crippen LogP contribution in [0.2, 0.25) is 0 Å². The molecule has 7 heteroatoms. The van der Waals surface area contributed by atoms with Gasteiger partial charge in [-0.15, -0.1) is 0 Å². The molecule has 36 heavy (non-hydrogen) atoms. The highest BCUT2D eigenvalue weighted by Gasteiger charge is 2.16. The number of ether oxygens (including phenoxy) is 2. The first-order chi connectivity index (χ1) is 17.7. The predicted octanol–water partition coefficient (Wildman–Crippen LogP) is 6.15. The fraction of sp³-hybridized carbons (Fsp3) is 0.0690. The van der Waals surface area contributed by atoms with Crippen LogP contribution in [0, 0.1) is 0 Å². The molecule has 5 rings (SSSR count). The summed E-state index contributed by atoms with van der Waals surface area (Å²) in [6.07, 6.45) is 0. The standard InChI is InChI=1S/C29H23N3O4/c33-28(22-12-9-15-24(18-22)34-19-21-10-3-1-4-11-21)30-26-17-8-7-16-25(26)29-31-27(32-36-29)20-35-23-13-5-2-6-14-23/h1-18H,19-20H2,(H,30,33). The summed E-state index contributed by atoms with van der Waals surface area (Å²) in [6.45, 7) is 0.583. The molecular formula is C29H23N3O4. The molecule has 1 aromatic heterocycles. The SMILES string of the molecule is O=C(Nc1ccccc1-c1nc(COc2ccccc2)no1)c1cccc(OCc2ccccc2)c1. The molecule has 0 saturated heterocycles. The van der Waals surface area contributed by atoms with Gasteiger partial charge in [-0.05, 0) is 48.0 Å². The van der Waals surface area contributed by atoms with Crippen LogP contribution < -0.4 is 14.8 Å². The van der Waals surface area contributed by atoms with E-state index >= 15 is 0 Å². The van der Waals surface area contributed by atoms with Gasteiger partial charge < -0.3 is 19.3 Å². The number of carbonyl (C=O) groups excluding carboxylic acids is 1. The quantitative estimate of drug-likeness (QED) is 0.274. The highest BCUT2D eigenvalue weighted by molar-refractivity contribution is 6.06. The summed E-state index contributed by atoms with van der Waals surface area (Å²) < 4.78 is 17.0. The van der Waals surface area contributed by atoms with Gasteiger partial charge in [0.15, 0.2) is 6.61 Å². The maximum Gasteiger partial charge on any atom is 0.260 e. The summed E-state index contributed by atoms with van der Waals surface area (Å²) in [4.78, 5) is 17.5. The van der Waals surface area contributed by atoms with Crippen molar-refractivity contribution in [2.75, 3.05) is 5.32 Å². The lowest BCUT2D eigenvalue weighted by atomic mass is 10.1. The zero-order valence-corrected chi connectivity index (χ0v) is 19.3. The Morgan fingerprint density at radius 3 is 2.28 bits per heavy atom. The van der Waals surface area contributed by atoms with Crippen molar-refractivity contribution in [2.24, 2.45) is 0 Å². The van der Waals surface area contributed by atoms with Crippen molar-refractivity contribution in [2.45, 2.75) is 13.2 Å². The third-order valence-corrected chi connectivity index (χ3v) is 5.33. The minimum atomic E-state index is -0.278. The van der Waals surface area contributed by atoms with Crippen molar-refractivity contribution in [3.05, 3.63) is 126 Å². The van der Waals surface area contributed by atoms with Crippen LogP contribution in [0.5, 0.6) is 11.5 Å². The van der Waals surface area contributed by atoms with E-state index in [-0.39, 0.29) is 18.4 Å². The Balaban J connectivity index is 1.26. The first-order valence-electron chi connectivity index (χ1n) is 11.4. The van der Waals surface area contributed by atoms with Gasteiger partial charge in [-0.2, -0.15) is 4.98 Å². The van der Waals surface area contributed by atoms with Gasteiger partial charge in [0, 0.05) is 5.56 Å². The lowest BCUT2D eigenvalue weighted by Gasteiger charge is -2.10. The van der Waals surface area contributed by atoms with E-state index in [4.69, 9.17) is 14.0 Å². The second kappa shape index (κ2) is 11.0.